The normalized spacial score (nSPS) is 14.2. The van der Waals surface area contributed by atoms with Gasteiger partial charge in [0.1, 0.15) is 17.0 Å². The lowest BCUT2D eigenvalue weighted by Gasteiger charge is -2.13. The fourth-order valence-electron chi connectivity index (χ4n) is 2.24. The first kappa shape index (κ1) is 11.3. The zero-order valence-corrected chi connectivity index (χ0v) is 10.7. The molecule has 1 aliphatic rings. The Morgan fingerprint density at radius 1 is 1.17 bits per heavy atom. The number of nitrogens with two attached hydrogens (primary N) is 1. The molecule has 0 saturated carbocycles. The van der Waals surface area contributed by atoms with E-state index in [4.69, 9.17) is 18.0 Å². The summed E-state index contributed by atoms with van der Waals surface area (Å²) in [6.07, 6.45) is 9.64. The van der Waals surface area contributed by atoms with Crippen molar-refractivity contribution >= 4 is 17.2 Å². The molecule has 0 fully saturated rings. The van der Waals surface area contributed by atoms with Crippen LogP contribution < -0.4 is 5.73 Å². The van der Waals surface area contributed by atoms with E-state index < -0.39 is 0 Å². The number of aromatic nitrogens is 4. The molecular formula is C12H13N5S. The molecular weight excluding hydrogens is 246 g/mol. The van der Waals surface area contributed by atoms with Crippen LogP contribution in [0.2, 0.25) is 0 Å². The summed E-state index contributed by atoms with van der Waals surface area (Å²) in [6, 6.07) is 0. The summed E-state index contributed by atoms with van der Waals surface area (Å²) in [7, 11) is 0. The van der Waals surface area contributed by atoms with Gasteiger partial charge >= 0.3 is 0 Å². The van der Waals surface area contributed by atoms with E-state index in [0.29, 0.717) is 5.69 Å². The maximum atomic E-state index is 5.50. The molecule has 0 aromatic carbocycles. The molecule has 0 aliphatic heterocycles. The van der Waals surface area contributed by atoms with Crippen LogP contribution in [0.4, 0.5) is 0 Å². The second kappa shape index (κ2) is 4.45. The van der Waals surface area contributed by atoms with Crippen molar-refractivity contribution in [2.24, 2.45) is 5.73 Å². The number of hydrogen-bond acceptors (Lipinski definition) is 4. The average molecular weight is 259 g/mol. The molecule has 2 aromatic rings. The second-order valence-corrected chi connectivity index (χ2v) is 4.78. The maximum absolute atomic E-state index is 5.50. The number of rotatable bonds is 2. The Balaban J connectivity index is 1.99. The number of nitrogens with zero attached hydrogens (tertiary/aromatic N) is 4. The topological polar surface area (TPSA) is 69.6 Å². The monoisotopic (exact) mass is 259 g/mol. The molecule has 2 aromatic heterocycles. The van der Waals surface area contributed by atoms with Crippen molar-refractivity contribution in [3.05, 3.63) is 35.8 Å². The standard InChI is InChI=1S/C12H13N5S/c13-12(18)9-5-15-11(6-14-9)17-7-16-8-3-1-2-4-10(8)17/h5-7H,1-4H2,(H2,13,18). The van der Waals surface area contributed by atoms with Crippen LogP contribution >= 0.6 is 12.2 Å². The third-order valence-electron chi connectivity index (χ3n) is 3.17. The van der Waals surface area contributed by atoms with Gasteiger partial charge in [0, 0.05) is 5.69 Å². The summed E-state index contributed by atoms with van der Waals surface area (Å²) in [5.41, 5.74) is 8.48. The fourth-order valence-corrected chi connectivity index (χ4v) is 2.34. The maximum Gasteiger partial charge on any atom is 0.156 e. The van der Waals surface area contributed by atoms with E-state index in [1.54, 1.807) is 12.4 Å². The molecule has 0 spiro atoms. The van der Waals surface area contributed by atoms with Crippen LogP contribution in [0.15, 0.2) is 18.7 Å². The molecule has 0 radical (unpaired) electrons. The molecule has 0 saturated heterocycles. The van der Waals surface area contributed by atoms with E-state index in [0.717, 1.165) is 18.7 Å². The van der Waals surface area contributed by atoms with Crippen molar-refractivity contribution in [3.63, 3.8) is 0 Å². The minimum atomic E-state index is 0.265. The van der Waals surface area contributed by atoms with Gasteiger partial charge in [-0.15, -0.1) is 0 Å². The zero-order valence-electron chi connectivity index (χ0n) is 9.83. The third kappa shape index (κ3) is 1.88. The fraction of sp³-hybridized carbons (Fsp3) is 0.333. The highest BCUT2D eigenvalue weighted by molar-refractivity contribution is 7.80. The van der Waals surface area contributed by atoms with Gasteiger partial charge in [-0.25, -0.2) is 15.0 Å². The Morgan fingerprint density at radius 2 is 2.00 bits per heavy atom. The summed E-state index contributed by atoms with van der Waals surface area (Å²) in [5, 5.41) is 0. The Morgan fingerprint density at radius 3 is 2.72 bits per heavy atom. The first-order valence-corrected chi connectivity index (χ1v) is 6.34. The van der Waals surface area contributed by atoms with E-state index in [1.165, 1.54) is 24.2 Å². The van der Waals surface area contributed by atoms with E-state index in [9.17, 15) is 0 Å². The molecule has 0 bridgehead atoms. The lowest BCUT2D eigenvalue weighted by atomic mass is 10.0. The number of hydrogen-bond donors (Lipinski definition) is 1. The summed E-state index contributed by atoms with van der Waals surface area (Å²) in [6.45, 7) is 0. The first-order chi connectivity index (χ1) is 8.75. The number of fused-ring (bicyclic) bond motifs is 1. The van der Waals surface area contributed by atoms with Crippen molar-refractivity contribution in [3.8, 4) is 5.82 Å². The highest BCUT2D eigenvalue weighted by Crippen LogP contribution is 2.21. The van der Waals surface area contributed by atoms with Crippen LogP contribution in [0.3, 0.4) is 0 Å². The molecule has 5 nitrogen and oxygen atoms in total. The van der Waals surface area contributed by atoms with Gasteiger partial charge in [0.05, 0.1) is 18.1 Å². The number of aryl methyl sites for hydroxylation is 1. The van der Waals surface area contributed by atoms with Crippen LogP contribution in [0, 0.1) is 0 Å². The summed E-state index contributed by atoms with van der Waals surface area (Å²) >= 11 is 4.86. The molecule has 6 heteroatoms. The largest absolute Gasteiger partial charge is 0.388 e. The first-order valence-electron chi connectivity index (χ1n) is 5.93. The summed E-state index contributed by atoms with van der Waals surface area (Å²) < 4.78 is 2.00. The SMILES string of the molecule is NC(=S)c1cnc(-n2cnc3c2CCCC3)cn1. The van der Waals surface area contributed by atoms with Crippen LogP contribution in [0.5, 0.6) is 0 Å². The molecule has 0 atom stereocenters. The van der Waals surface area contributed by atoms with Gasteiger partial charge in [-0.1, -0.05) is 12.2 Å². The second-order valence-electron chi connectivity index (χ2n) is 4.34. The molecule has 0 amide bonds. The molecule has 0 unspecified atom stereocenters. The van der Waals surface area contributed by atoms with Crippen molar-refractivity contribution in [2.75, 3.05) is 0 Å². The van der Waals surface area contributed by atoms with E-state index in [1.807, 2.05) is 10.9 Å². The predicted molar refractivity (Wildman–Crippen MR) is 71.7 cm³/mol. The van der Waals surface area contributed by atoms with Gasteiger partial charge in [0.25, 0.3) is 0 Å². The lowest BCUT2D eigenvalue weighted by molar-refractivity contribution is 0.653. The average Bonchev–Trinajstić information content (AvgIpc) is 2.82. The Kier molecular flexibility index (Phi) is 2.79. The molecule has 2 N–H and O–H groups in total. The van der Waals surface area contributed by atoms with E-state index in [2.05, 4.69) is 15.0 Å². The van der Waals surface area contributed by atoms with Crippen LogP contribution in [-0.4, -0.2) is 24.5 Å². The molecule has 2 heterocycles. The van der Waals surface area contributed by atoms with Crippen molar-refractivity contribution < 1.29 is 0 Å². The third-order valence-corrected chi connectivity index (χ3v) is 3.38. The van der Waals surface area contributed by atoms with Crippen LogP contribution in [0.25, 0.3) is 5.82 Å². The van der Waals surface area contributed by atoms with Gasteiger partial charge in [-0.3, -0.25) is 4.57 Å². The molecule has 18 heavy (non-hydrogen) atoms. The lowest BCUT2D eigenvalue weighted by Crippen LogP contribution is -2.13. The van der Waals surface area contributed by atoms with E-state index >= 15 is 0 Å². The van der Waals surface area contributed by atoms with E-state index in [-0.39, 0.29) is 4.99 Å². The van der Waals surface area contributed by atoms with Gasteiger partial charge in [-0.2, -0.15) is 0 Å². The summed E-state index contributed by atoms with van der Waals surface area (Å²) in [5.74, 6) is 0.769. The van der Waals surface area contributed by atoms with Crippen molar-refractivity contribution in [1.29, 1.82) is 0 Å². The van der Waals surface area contributed by atoms with Crippen LogP contribution in [0.1, 0.15) is 29.9 Å². The molecule has 3 rings (SSSR count). The van der Waals surface area contributed by atoms with Crippen molar-refractivity contribution in [2.45, 2.75) is 25.7 Å². The number of imidazole rings is 1. The van der Waals surface area contributed by atoms with Gasteiger partial charge in [-0.05, 0) is 25.7 Å². The smallest absolute Gasteiger partial charge is 0.156 e. The quantitative estimate of drug-likeness (QED) is 0.820. The van der Waals surface area contributed by atoms with Gasteiger partial charge in [0.15, 0.2) is 5.82 Å². The number of thiocarbonyl (C=S) groups is 1. The Bertz CT molecular complexity index is 587. The summed E-state index contributed by atoms with van der Waals surface area (Å²) in [4.78, 5) is 13.3. The molecule has 1 aliphatic carbocycles. The van der Waals surface area contributed by atoms with Crippen LogP contribution in [-0.2, 0) is 12.8 Å². The minimum Gasteiger partial charge on any atom is -0.388 e. The Hall–Kier alpha value is -1.82. The minimum absolute atomic E-state index is 0.265. The zero-order chi connectivity index (χ0) is 12.5. The van der Waals surface area contributed by atoms with Gasteiger partial charge < -0.3 is 5.73 Å². The van der Waals surface area contributed by atoms with Crippen molar-refractivity contribution in [1.82, 2.24) is 19.5 Å². The van der Waals surface area contributed by atoms with Gasteiger partial charge in [0.2, 0.25) is 0 Å². The molecule has 92 valence electrons. The predicted octanol–water partition coefficient (Wildman–Crippen LogP) is 1.18. The highest BCUT2D eigenvalue weighted by atomic mass is 32.1. The highest BCUT2D eigenvalue weighted by Gasteiger charge is 2.16. The Labute approximate surface area is 110 Å².